The smallest absolute Gasteiger partial charge is 0.255 e. The zero-order valence-electron chi connectivity index (χ0n) is 19.8. The highest BCUT2D eigenvalue weighted by molar-refractivity contribution is 7.90. The minimum absolute atomic E-state index is 0.176. The molecule has 0 aliphatic rings. The molecule has 2 aromatic carbocycles. The van der Waals surface area contributed by atoms with Gasteiger partial charge in [0.1, 0.15) is 5.65 Å². The maximum Gasteiger partial charge on any atom is 0.255 e. The molecule has 0 saturated heterocycles. The summed E-state index contributed by atoms with van der Waals surface area (Å²) in [6, 6.07) is 19.8. The van der Waals surface area contributed by atoms with Crippen molar-refractivity contribution in [3.8, 4) is 11.3 Å². The molecule has 3 heterocycles. The number of benzene rings is 2. The Balaban J connectivity index is 1.41. The molecule has 0 atom stereocenters. The number of carbonyl (C=O) groups excluding carboxylic acids is 1. The number of imidazole rings is 1. The van der Waals surface area contributed by atoms with Crippen molar-refractivity contribution in [1.82, 2.24) is 14.4 Å². The van der Waals surface area contributed by atoms with E-state index in [1.54, 1.807) is 24.5 Å². The molecule has 0 unspecified atom stereocenters. The Morgan fingerprint density at radius 1 is 1.00 bits per heavy atom. The lowest BCUT2D eigenvalue weighted by Crippen LogP contribution is -2.15. The molecule has 8 heteroatoms. The minimum atomic E-state index is -3.41. The first-order valence-electron chi connectivity index (χ1n) is 11.4. The molecule has 5 rings (SSSR count). The van der Waals surface area contributed by atoms with Crippen LogP contribution in [-0.2, 0) is 16.3 Å². The van der Waals surface area contributed by atoms with Crippen molar-refractivity contribution in [2.45, 2.75) is 18.2 Å². The first-order chi connectivity index (χ1) is 17.3. The normalized spacial score (nSPS) is 11.5. The molecule has 0 aliphatic carbocycles. The van der Waals surface area contributed by atoms with Crippen LogP contribution < -0.4 is 5.32 Å². The summed E-state index contributed by atoms with van der Waals surface area (Å²) in [4.78, 5) is 22.1. The Morgan fingerprint density at radius 2 is 1.75 bits per heavy atom. The number of hydrogen-bond acceptors (Lipinski definition) is 5. The summed E-state index contributed by atoms with van der Waals surface area (Å²) in [5, 5.41) is 2.93. The molecule has 5 aromatic rings. The largest absolute Gasteiger partial charge is 0.322 e. The van der Waals surface area contributed by atoms with E-state index in [0.717, 1.165) is 34.3 Å². The fourth-order valence-corrected chi connectivity index (χ4v) is 4.78. The summed E-state index contributed by atoms with van der Waals surface area (Å²) in [5.41, 5.74) is 6.38. The van der Waals surface area contributed by atoms with Crippen molar-refractivity contribution in [2.24, 2.45) is 0 Å². The Bertz CT molecular complexity index is 1680. The van der Waals surface area contributed by atoms with Crippen LogP contribution in [0.2, 0.25) is 0 Å². The molecule has 3 aromatic heterocycles. The van der Waals surface area contributed by atoms with Gasteiger partial charge >= 0.3 is 0 Å². The predicted octanol–water partition coefficient (Wildman–Crippen LogP) is 4.95. The second-order valence-electron chi connectivity index (χ2n) is 8.70. The highest BCUT2D eigenvalue weighted by Gasteiger charge is 2.17. The van der Waals surface area contributed by atoms with Crippen molar-refractivity contribution in [3.63, 3.8) is 0 Å². The lowest BCUT2D eigenvalue weighted by atomic mass is 9.99. The van der Waals surface area contributed by atoms with Gasteiger partial charge in [0.05, 0.1) is 10.6 Å². The number of amides is 1. The fraction of sp³-hybridized carbons (Fsp3) is 0.107. The molecule has 0 radical (unpaired) electrons. The van der Waals surface area contributed by atoms with Gasteiger partial charge in [-0.15, -0.1) is 0 Å². The van der Waals surface area contributed by atoms with Crippen LogP contribution in [0.1, 0.15) is 27.0 Å². The number of aryl methyl sites for hydroxylation is 1. The lowest BCUT2D eigenvalue weighted by Gasteiger charge is -2.12. The van der Waals surface area contributed by atoms with E-state index in [1.807, 2.05) is 72.2 Å². The summed E-state index contributed by atoms with van der Waals surface area (Å²) in [5.74, 6) is -0.310. The van der Waals surface area contributed by atoms with Gasteiger partial charge in [0.2, 0.25) is 0 Å². The molecule has 1 N–H and O–H groups in total. The van der Waals surface area contributed by atoms with E-state index in [-0.39, 0.29) is 10.8 Å². The number of pyridine rings is 2. The van der Waals surface area contributed by atoms with Crippen molar-refractivity contribution in [3.05, 3.63) is 114 Å². The van der Waals surface area contributed by atoms with Crippen LogP contribution in [0.15, 0.2) is 96.4 Å². The highest BCUT2D eigenvalue weighted by atomic mass is 32.2. The van der Waals surface area contributed by atoms with E-state index in [1.165, 1.54) is 6.07 Å². The van der Waals surface area contributed by atoms with Crippen LogP contribution in [0.5, 0.6) is 0 Å². The molecule has 7 nitrogen and oxygen atoms in total. The highest BCUT2D eigenvalue weighted by Crippen LogP contribution is 2.24. The SMILES string of the molecule is Cc1cccn2cc(-c3ccc(NC(=O)c4ccc(S(C)(=O)=O)cc4Cc4ccncc4)cc3)nc12. The summed E-state index contributed by atoms with van der Waals surface area (Å²) in [6.07, 6.45) is 8.84. The first kappa shape index (κ1) is 23.4. The third-order valence-corrected chi connectivity index (χ3v) is 7.12. The lowest BCUT2D eigenvalue weighted by molar-refractivity contribution is 0.102. The Morgan fingerprint density at radius 3 is 2.44 bits per heavy atom. The number of aromatic nitrogens is 3. The Kier molecular flexibility index (Phi) is 6.12. The molecule has 1 amide bonds. The zero-order valence-corrected chi connectivity index (χ0v) is 20.7. The van der Waals surface area contributed by atoms with Crippen LogP contribution in [0.3, 0.4) is 0 Å². The fourth-order valence-electron chi connectivity index (χ4n) is 4.10. The minimum Gasteiger partial charge on any atom is -0.322 e. The Hall–Kier alpha value is -4.30. The summed E-state index contributed by atoms with van der Waals surface area (Å²) in [7, 11) is -3.41. The number of fused-ring (bicyclic) bond motifs is 1. The molecule has 0 spiro atoms. The monoisotopic (exact) mass is 496 g/mol. The number of rotatable bonds is 6. The number of hydrogen-bond donors (Lipinski definition) is 1. The van der Waals surface area contributed by atoms with Gasteiger partial charge < -0.3 is 9.72 Å². The van der Waals surface area contributed by atoms with Crippen molar-refractivity contribution in [2.75, 3.05) is 11.6 Å². The molecular weight excluding hydrogens is 472 g/mol. The summed E-state index contributed by atoms with van der Waals surface area (Å²) < 4.78 is 26.2. The second kappa shape index (κ2) is 9.39. The van der Waals surface area contributed by atoms with E-state index in [2.05, 4.69) is 10.3 Å². The van der Waals surface area contributed by atoms with E-state index in [9.17, 15) is 13.2 Å². The van der Waals surface area contributed by atoms with Gasteiger partial charge in [-0.2, -0.15) is 0 Å². The predicted molar refractivity (Wildman–Crippen MR) is 140 cm³/mol. The van der Waals surface area contributed by atoms with Crippen LogP contribution in [0.4, 0.5) is 5.69 Å². The molecule has 0 saturated carbocycles. The number of anilines is 1. The molecule has 0 fully saturated rings. The van der Waals surface area contributed by atoms with E-state index < -0.39 is 9.84 Å². The maximum atomic E-state index is 13.2. The first-order valence-corrected chi connectivity index (χ1v) is 13.2. The zero-order chi connectivity index (χ0) is 25.3. The van der Waals surface area contributed by atoms with Crippen molar-refractivity contribution in [1.29, 1.82) is 0 Å². The summed E-state index contributed by atoms with van der Waals surface area (Å²) >= 11 is 0. The molecule has 180 valence electrons. The van der Waals surface area contributed by atoms with E-state index >= 15 is 0 Å². The molecule has 0 bridgehead atoms. The van der Waals surface area contributed by atoms with E-state index in [4.69, 9.17) is 4.98 Å². The number of carbonyl (C=O) groups is 1. The average Bonchev–Trinajstić information content (AvgIpc) is 3.30. The third-order valence-electron chi connectivity index (χ3n) is 6.01. The van der Waals surface area contributed by atoms with Gasteiger partial charge in [-0.05, 0) is 78.6 Å². The number of nitrogens with zero attached hydrogens (tertiary/aromatic N) is 3. The average molecular weight is 497 g/mol. The van der Waals surface area contributed by atoms with Crippen molar-refractivity contribution < 1.29 is 13.2 Å². The maximum absolute atomic E-state index is 13.2. The van der Waals surface area contributed by atoms with Gasteiger partial charge in [-0.1, -0.05) is 18.2 Å². The van der Waals surface area contributed by atoms with Gasteiger partial charge in [-0.25, -0.2) is 13.4 Å². The Labute approximate surface area is 209 Å². The summed E-state index contributed by atoms with van der Waals surface area (Å²) in [6.45, 7) is 2.02. The quantitative estimate of drug-likeness (QED) is 0.359. The second-order valence-corrected chi connectivity index (χ2v) is 10.7. The van der Waals surface area contributed by atoms with Crippen LogP contribution in [0.25, 0.3) is 16.9 Å². The molecule has 0 aliphatic heterocycles. The van der Waals surface area contributed by atoms with Crippen LogP contribution >= 0.6 is 0 Å². The topological polar surface area (TPSA) is 93.4 Å². The molecular formula is C28H24N4O3S. The van der Waals surface area contributed by atoms with Crippen LogP contribution in [-0.4, -0.2) is 34.9 Å². The standard InChI is InChI=1S/C28H24N4O3S/c1-19-4-3-15-32-18-26(31-27(19)32)21-5-7-23(8-6-21)30-28(33)25-10-9-24(36(2,34)35)17-22(25)16-20-11-13-29-14-12-20/h3-15,17-18H,16H2,1-2H3,(H,30,33). The van der Waals surface area contributed by atoms with Crippen molar-refractivity contribution >= 4 is 27.1 Å². The van der Waals surface area contributed by atoms with Gasteiger partial charge in [0, 0.05) is 47.9 Å². The third kappa shape index (κ3) is 4.89. The number of sulfone groups is 1. The number of nitrogens with one attached hydrogen (secondary N) is 1. The van der Waals surface area contributed by atoms with Crippen LogP contribution in [0, 0.1) is 6.92 Å². The molecule has 36 heavy (non-hydrogen) atoms. The van der Waals surface area contributed by atoms with E-state index in [0.29, 0.717) is 23.2 Å². The van der Waals surface area contributed by atoms with Gasteiger partial charge in [-0.3, -0.25) is 9.78 Å². The van der Waals surface area contributed by atoms with Gasteiger partial charge in [0.25, 0.3) is 5.91 Å². The van der Waals surface area contributed by atoms with Gasteiger partial charge in [0.15, 0.2) is 9.84 Å².